The molecule has 1 aromatic carbocycles. The van der Waals surface area contributed by atoms with Gasteiger partial charge in [0.25, 0.3) is 11.5 Å². The lowest BCUT2D eigenvalue weighted by Gasteiger charge is -2.36. The van der Waals surface area contributed by atoms with Crippen molar-refractivity contribution in [2.45, 2.75) is 6.92 Å². The number of rotatable bonds is 3. The van der Waals surface area contributed by atoms with Gasteiger partial charge in [0.1, 0.15) is 17.8 Å². The van der Waals surface area contributed by atoms with Gasteiger partial charge >= 0.3 is 0 Å². The van der Waals surface area contributed by atoms with E-state index in [4.69, 9.17) is 0 Å². The smallest absolute Gasteiger partial charge is 0.292 e. The second-order valence-corrected chi connectivity index (χ2v) is 5.95. The Kier molecular flexibility index (Phi) is 3.68. The zero-order valence-corrected chi connectivity index (χ0v) is 13.7. The Morgan fingerprint density at radius 3 is 2.60 bits per heavy atom. The van der Waals surface area contributed by atoms with Crippen LogP contribution in [0.5, 0.6) is 0 Å². The standard InChI is InChI=1S/C16H17N7O2/c1-12-10-15(22-16(19-12)17-11-18-22)21-8-6-20(7-9-21)13-4-2-3-5-14(13)23(24)25/h2-5,10-11H,6-9H2,1H3. The summed E-state index contributed by atoms with van der Waals surface area (Å²) < 4.78 is 1.73. The van der Waals surface area contributed by atoms with Crippen molar-refractivity contribution in [2.24, 2.45) is 0 Å². The Hall–Kier alpha value is -3.23. The molecule has 1 fully saturated rings. The van der Waals surface area contributed by atoms with Crippen LogP contribution in [0.25, 0.3) is 5.78 Å². The van der Waals surface area contributed by atoms with Gasteiger partial charge in [-0.15, -0.1) is 0 Å². The minimum atomic E-state index is -0.327. The highest BCUT2D eigenvalue weighted by molar-refractivity contribution is 5.64. The number of fused-ring (bicyclic) bond motifs is 1. The highest BCUT2D eigenvalue weighted by Gasteiger charge is 2.24. The Morgan fingerprint density at radius 2 is 1.84 bits per heavy atom. The predicted octanol–water partition coefficient (Wildman–Crippen LogP) is 1.67. The summed E-state index contributed by atoms with van der Waals surface area (Å²) in [6.45, 7) is 4.81. The third kappa shape index (κ3) is 2.73. The highest BCUT2D eigenvalue weighted by atomic mass is 16.6. The number of aryl methyl sites for hydroxylation is 1. The van der Waals surface area contributed by atoms with Crippen molar-refractivity contribution in [2.75, 3.05) is 36.0 Å². The lowest BCUT2D eigenvalue weighted by atomic mass is 10.2. The maximum absolute atomic E-state index is 11.2. The molecule has 3 aromatic rings. The van der Waals surface area contributed by atoms with Gasteiger partial charge in [-0.05, 0) is 13.0 Å². The van der Waals surface area contributed by atoms with Crippen molar-refractivity contribution in [3.05, 3.63) is 52.5 Å². The van der Waals surface area contributed by atoms with Gasteiger partial charge in [0.2, 0.25) is 0 Å². The van der Waals surface area contributed by atoms with Crippen LogP contribution in [0.3, 0.4) is 0 Å². The number of nitro groups is 1. The van der Waals surface area contributed by atoms with E-state index in [0.29, 0.717) is 24.6 Å². The number of nitrogens with zero attached hydrogens (tertiary/aromatic N) is 7. The molecule has 0 unspecified atom stereocenters. The fourth-order valence-electron chi connectivity index (χ4n) is 3.20. The summed E-state index contributed by atoms with van der Waals surface area (Å²) in [6.07, 6.45) is 1.49. The van der Waals surface area contributed by atoms with Crippen LogP contribution in [-0.2, 0) is 0 Å². The summed E-state index contributed by atoms with van der Waals surface area (Å²) >= 11 is 0. The first-order chi connectivity index (χ1) is 12.1. The van der Waals surface area contributed by atoms with Crippen LogP contribution in [-0.4, -0.2) is 50.7 Å². The van der Waals surface area contributed by atoms with Crippen LogP contribution >= 0.6 is 0 Å². The summed E-state index contributed by atoms with van der Waals surface area (Å²) in [6, 6.07) is 8.87. The van der Waals surface area contributed by atoms with E-state index in [-0.39, 0.29) is 10.6 Å². The van der Waals surface area contributed by atoms with Gasteiger partial charge < -0.3 is 9.80 Å². The van der Waals surface area contributed by atoms with E-state index < -0.39 is 0 Å². The van der Waals surface area contributed by atoms with Crippen LogP contribution in [0.15, 0.2) is 36.7 Å². The summed E-state index contributed by atoms with van der Waals surface area (Å²) in [5.41, 5.74) is 1.70. The minimum Gasteiger partial charge on any atom is -0.362 e. The van der Waals surface area contributed by atoms with Gasteiger partial charge in [-0.1, -0.05) is 12.1 Å². The molecular formula is C16H17N7O2. The van der Waals surface area contributed by atoms with Crippen molar-refractivity contribution in [1.82, 2.24) is 19.6 Å². The van der Waals surface area contributed by atoms with Crippen LogP contribution in [0, 0.1) is 17.0 Å². The first-order valence-corrected chi connectivity index (χ1v) is 8.04. The third-order valence-corrected chi connectivity index (χ3v) is 4.38. The number of para-hydroxylation sites is 2. The molecule has 9 heteroatoms. The average Bonchev–Trinajstić information content (AvgIpc) is 3.09. The monoisotopic (exact) mass is 339 g/mol. The van der Waals surface area contributed by atoms with E-state index >= 15 is 0 Å². The lowest BCUT2D eigenvalue weighted by Crippen LogP contribution is -2.47. The van der Waals surface area contributed by atoms with Crippen LogP contribution in [0.1, 0.15) is 5.69 Å². The number of hydrogen-bond donors (Lipinski definition) is 0. The average molecular weight is 339 g/mol. The molecule has 9 nitrogen and oxygen atoms in total. The molecule has 4 rings (SSSR count). The van der Waals surface area contributed by atoms with Crippen LogP contribution in [0.4, 0.5) is 17.2 Å². The Balaban J connectivity index is 1.58. The summed E-state index contributed by atoms with van der Waals surface area (Å²) in [5, 5.41) is 15.5. The third-order valence-electron chi connectivity index (χ3n) is 4.38. The zero-order chi connectivity index (χ0) is 17.4. The maximum atomic E-state index is 11.2. The number of hydrogen-bond acceptors (Lipinski definition) is 7. The van der Waals surface area contributed by atoms with E-state index in [0.717, 1.165) is 24.6 Å². The van der Waals surface area contributed by atoms with Crippen molar-refractivity contribution >= 4 is 23.0 Å². The summed E-state index contributed by atoms with van der Waals surface area (Å²) in [4.78, 5) is 23.7. The minimum absolute atomic E-state index is 0.148. The molecule has 0 N–H and O–H groups in total. The molecule has 1 aliphatic rings. The summed E-state index contributed by atoms with van der Waals surface area (Å²) in [7, 11) is 0. The molecule has 0 aliphatic carbocycles. The molecule has 0 bridgehead atoms. The highest BCUT2D eigenvalue weighted by Crippen LogP contribution is 2.29. The lowest BCUT2D eigenvalue weighted by molar-refractivity contribution is -0.384. The van der Waals surface area contributed by atoms with Crippen molar-refractivity contribution in [3.8, 4) is 0 Å². The van der Waals surface area contributed by atoms with Gasteiger partial charge in [-0.2, -0.15) is 14.6 Å². The van der Waals surface area contributed by atoms with Gasteiger partial charge in [0.05, 0.1) is 4.92 Å². The summed E-state index contributed by atoms with van der Waals surface area (Å²) in [5.74, 6) is 1.53. The number of aromatic nitrogens is 4. The van der Waals surface area contributed by atoms with Gasteiger partial charge in [0, 0.05) is 44.0 Å². The molecule has 0 atom stereocenters. The van der Waals surface area contributed by atoms with Crippen molar-refractivity contribution < 1.29 is 4.92 Å². The molecule has 1 aliphatic heterocycles. The van der Waals surface area contributed by atoms with Gasteiger partial charge in [-0.3, -0.25) is 10.1 Å². The van der Waals surface area contributed by atoms with E-state index in [1.54, 1.807) is 22.7 Å². The molecule has 128 valence electrons. The first kappa shape index (κ1) is 15.3. The molecule has 0 spiro atoms. The van der Waals surface area contributed by atoms with E-state index in [1.165, 1.54) is 6.33 Å². The topological polar surface area (TPSA) is 92.7 Å². The number of anilines is 2. The first-order valence-electron chi connectivity index (χ1n) is 8.04. The molecule has 25 heavy (non-hydrogen) atoms. The normalized spacial score (nSPS) is 14.9. The van der Waals surface area contributed by atoms with E-state index in [1.807, 2.05) is 19.1 Å². The van der Waals surface area contributed by atoms with Gasteiger partial charge in [0.15, 0.2) is 0 Å². The molecule has 0 saturated carbocycles. The Morgan fingerprint density at radius 1 is 1.12 bits per heavy atom. The maximum Gasteiger partial charge on any atom is 0.292 e. The fourth-order valence-corrected chi connectivity index (χ4v) is 3.20. The quantitative estimate of drug-likeness (QED) is 0.529. The van der Waals surface area contributed by atoms with Crippen molar-refractivity contribution in [1.29, 1.82) is 0 Å². The Bertz CT molecular complexity index is 931. The molecule has 2 aromatic heterocycles. The second-order valence-electron chi connectivity index (χ2n) is 5.95. The van der Waals surface area contributed by atoms with Crippen LogP contribution < -0.4 is 9.80 Å². The number of nitro benzene ring substituents is 1. The van der Waals surface area contributed by atoms with Crippen LogP contribution in [0.2, 0.25) is 0 Å². The van der Waals surface area contributed by atoms with E-state index in [9.17, 15) is 10.1 Å². The van der Waals surface area contributed by atoms with Crippen molar-refractivity contribution in [3.63, 3.8) is 0 Å². The molecule has 1 saturated heterocycles. The number of benzene rings is 1. The molecular weight excluding hydrogens is 322 g/mol. The van der Waals surface area contributed by atoms with E-state index in [2.05, 4.69) is 24.9 Å². The molecule has 0 amide bonds. The van der Waals surface area contributed by atoms with Gasteiger partial charge in [-0.25, -0.2) is 4.98 Å². The largest absolute Gasteiger partial charge is 0.362 e. The molecule has 0 radical (unpaired) electrons. The predicted molar refractivity (Wildman–Crippen MR) is 93.0 cm³/mol. The zero-order valence-electron chi connectivity index (χ0n) is 13.7. The number of piperazine rings is 1. The second kappa shape index (κ2) is 6.00. The molecule has 3 heterocycles. The SMILES string of the molecule is Cc1cc(N2CCN(c3ccccc3[N+](=O)[O-])CC2)n2ncnc2n1. The Labute approximate surface area is 143 Å². The fraction of sp³-hybridized carbons (Fsp3) is 0.312.